The second-order valence-corrected chi connectivity index (χ2v) is 3.59. The third-order valence-electron chi connectivity index (χ3n) is 2.59. The van der Waals surface area contributed by atoms with Gasteiger partial charge >= 0.3 is 5.97 Å². The number of benzene rings is 1. The minimum Gasteiger partial charge on any atom is -0.493 e. The Bertz CT molecular complexity index is 590. The summed E-state index contributed by atoms with van der Waals surface area (Å²) in [6, 6.07) is 5.16. The molecule has 6 heteroatoms. The Morgan fingerprint density at radius 2 is 1.89 bits per heavy atom. The molecule has 1 heterocycles. The molecule has 0 radical (unpaired) electrons. The molecule has 100 valence electrons. The van der Waals surface area contributed by atoms with E-state index in [9.17, 15) is 4.79 Å². The van der Waals surface area contributed by atoms with Gasteiger partial charge in [-0.2, -0.15) is 0 Å². The SMILES string of the molecule is COC(=O)c1ncoc1-c1ccc(OC)c(OC)c1. The molecule has 0 saturated carbocycles. The number of nitrogens with zero attached hydrogens (tertiary/aromatic N) is 1. The summed E-state index contributed by atoms with van der Waals surface area (Å²) in [5, 5.41) is 0. The van der Waals surface area contributed by atoms with Crippen LogP contribution in [0.25, 0.3) is 11.3 Å². The molecule has 2 aromatic rings. The van der Waals surface area contributed by atoms with E-state index in [1.54, 1.807) is 25.3 Å². The van der Waals surface area contributed by atoms with Crippen LogP contribution < -0.4 is 9.47 Å². The predicted molar refractivity (Wildman–Crippen MR) is 66.4 cm³/mol. The van der Waals surface area contributed by atoms with Crippen LogP contribution in [0.1, 0.15) is 10.5 Å². The molecule has 1 aromatic heterocycles. The van der Waals surface area contributed by atoms with E-state index >= 15 is 0 Å². The van der Waals surface area contributed by atoms with E-state index in [-0.39, 0.29) is 5.69 Å². The number of carbonyl (C=O) groups is 1. The molecule has 0 saturated heterocycles. The van der Waals surface area contributed by atoms with Crippen LogP contribution in [-0.2, 0) is 4.74 Å². The number of carbonyl (C=O) groups excluding carboxylic acids is 1. The molecular weight excluding hydrogens is 250 g/mol. The van der Waals surface area contributed by atoms with Gasteiger partial charge in [0.05, 0.1) is 21.3 Å². The van der Waals surface area contributed by atoms with Crippen molar-refractivity contribution in [1.29, 1.82) is 0 Å². The Kier molecular flexibility index (Phi) is 3.70. The fraction of sp³-hybridized carbons (Fsp3) is 0.231. The number of aromatic nitrogens is 1. The number of esters is 1. The highest BCUT2D eigenvalue weighted by atomic mass is 16.5. The summed E-state index contributed by atoms with van der Waals surface area (Å²) in [7, 11) is 4.37. The lowest BCUT2D eigenvalue weighted by molar-refractivity contribution is 0.0595. The predicted octanol–water partition coefficient (Wildman–Crippen LogP) is 2.15. The summed E-state index contributed by atoms with van der Waals surface area (Å²) in [5.41, 5.74) is 0.769. The van der Waals surface area contributed by atoms with Gasteiger partial charge in [0.25, 0.3) is 0 Å². The van der Waals surface area contributed by atoms with Crippen molar-refractivity contribution in [2.75, 3.05) is 21.3 Å². The maximum Gasteiger partial charge on any atom is 0.360 e. The second-order valence-electron chi connectivity index (χ2n) is 3.59. The Balaban J connectivity index is 2.48. The summed E-state index contributed by atoms with van der Waals surface area (Å²) in [6.07, 6.45) is 1.19. The van der Waals surface area contributed by atoms with Gasteiger partial charge in [0.2, 0.25) is 0 Å². The zero-order chi connectivity index (χ0) is 13.8. The van der Waals surface area contributed by atoms with E-state index in [0.29, 0.717) is 22.8 Å². The van der Waals surface area contributed by atoms with Crippen molar-refractivity contribution < 1.29 is 23.4 Å². The van der Waals surface area contributed by atoms with Crippen molar-refractivity contribution in [1.82, 2.24) is 4.98 Å². The molecule has 0 aliphatic carbocycles. The fourth-order valence-corrected chi connectivity index (χ4v) is 1.67. The Morgan fingerprint density at radius 3 is 2.53 bits per heavy atom. The summed E-state index contributed by atoms with van der Waals surface area (Å²) < 4.78 is 20.2. The molecule has 0 unspecified atom stereocenters. The van der Waals surface area contributed by atoms with Gasteiger partial charge in [-0.3, -0.25) is 0 Å². The minimum atomic E-state index is -0.557. The van der Waals surface area contributed by atoms with Crippen LogP contribution in [0.4, 0.5) is 0 Å². The highest BCUT2D eigenvalue weighted by molar-refractivity contribution is 5.93. The molecule has 1 aromatic carbocycles. The van der Waals surface area contributed by atoms with Crippen LogP contribution in [0.2, 0.25) is 0 Å². The third kappa shape index (κ3) is 2.37. The highest BCUT2D eigenvalue weighted by Gasteiger charge is 2.19. The smallest absolute Gasteiger partial charge is 0.360 e. The first-order valence-electron chi connectivity index (χ1n) is 5.45. The normalized spacial score (nSPS) is 10.1. The van der Waals surface area contributed by atoms with Gasteiger partial charge < -0.3 is 18.6 Å². The maximum absolute atomic E-state index is 11.5. The molecular formula is C13H13NO5. The molecule has 19 heavy (non-hydrogen) atoms. The van der Waals surface area contributed by atoms with Gasteiger partial charge in [0, 0.05) is 5.56 Å². The standard InChI is InChI=1S/C13H13NO5/c1-16-9-5-4-8(6-10(9)17-2)12-11(13(15)18-3)14-7-19-12/h4-7H,1-3H3. The first-order valence-corrected chi connectivity index (χ1v) is 5.45. The highest BCUT2D eigenvalue weighted by Crippen LogP contribution is 2.33. The van der Waals surface area contributed by atoms with E-state index in [2.05, 4.69) is 9.72 Å². The Morgan fingerprint density at radius 1 is 1.16 bits per heavy atom. The van der Waals surface area contributed by atoms with E-state index in [1.807, 2.05) is 0 Å². The minimum absolute atomic E-state index is 0.120. The van der Waals surface area contributed by atoms with Gasteiger partial charge in [-0.25, -0.2) is 9.78 Å². The third-order valence-corrected chi connectivity index (χ3v) is 2.59. The summed E-state index contributed by atoms with van der Waals surface area (Å²) in [4.78, 5) is 15.4. The Hall–Kier alpha value is -2.50. The zero-order valence-corrected chi connectivity index (χ0v) is 10.8. The fourth-order valence-electron chi connectivity index (χ4n) is 1.67. The molecule has 0 fully saturated rings. The number of hydrogen-bond acceptors (Lipinski definition) is 6. The van der Waals surface area contributed by atoms with Gasteiger partial charge in [-0.1, -0.05) is 0 Å². The lowest BCUT2D eigenvalue weighted by Gasteiger charge is -2.08. The van der Waals surface area contributed by atoms with E-state index in [0.717, 1.165) is 0 Å². The average Bonchev–Trinajstić information content (AvgIpc) is 2.95. The first-order chi connectivity index (χ1) is 9.21. The van der Waals surface area contributed by atoms with Crippen LogP contribution in [0, 0.1) is 0 Å². The maximum atomic E-state index is 11.5. The van der Waals surface area contributed by atoms with Crippen molar-refractivity contribution in [3.05, 3.63) is 30.3 Å². The molecule has 6 nitrogen and oxygen atoms in total. The molecule has 0 aliphatic rings. The van der Waals surface area contributed by atoms with E-state index in [1.165, 1.54) is 20.6 Å². The molecule has 0 aliphatic heterocycles. The quantitative estimate of drug-likeness (QED) is 0.787. The molecule has 2 rings (SSSR count). The summed E-state index contributed by atoms with van der Waals surface area (Å²) in [5.74, 6) is 0.893. The molecule has 0 atom stereocenters. The zero-order valence-electron chi connectivity index (χ0n) is 10.8. The lowest BCUT2D eigenvalue weighted by atomic mass is 10.1. The summed E-state index contributed by atoms with van der Waals surface area (Å²) >= 11 is 0. The second kappa shape index (κ2) is 5.43. The van der Waals surface area contributed by atoms with Crippen molar-refractivity contribution >= 4 is 5.97 Å². The van der Waals surface area contributed by atoms with Gasteiger partial charge in [0.1, 0.15) is 0 Å². The summed E-state index contributed by atoms with van der Waals surface area (Å²) in [6.45, 7) is 0. The molecule has 0 amide bonds. The number of rotatable bonds is 4. The first kappa shape index (κ1) is 12.9. The van der Waals surface area contributed by atoms with Crippen LogP contribution >= 0.6 is 0 Å². The van der Waals surface area contributed by atoms with E-state index < -0.39 is 5.97 Å². The van der Waals surface area contributed by atoms with E-state index in [4.69, 9.17) is 13.9 Å². The Labute approximate surface area is 109 Å². The van der Waals surface area contributed by atoms with Crippen molar-refractivity contribution in [2.24, 2.45) is 0 Å². The monoisotopic (exact) mass is 263 g/mol. The van der Waals surface area contributed by atoms with Crippen molar-refractivity contribution in [2.45, 2.75) is 0 Å². The molecule has 0 N–H and O–H groups in total. The van der Waals surface area contributed by atoms with Crippen LogP contribution in [0.5, 0.6) is 11.5 Å². The van der Waals surface area contributed by atoms with Crippen molar-refractivity contribution in [3.8, 4) is 22.8 Å². The van der Waals surface area contributed by atoms with Gasteiger partial charge in [0.15, 0.2) is 29.3 Å². The van der Waals surface area contributed by atoms with Gasteiger partial charge in [-0.05, 0) is 18.2 Å². The van der Waals surface area contributed by atoms with Crippen LogP contribution in [0.15, 0.2) is 29.0 Å². The number of hydrogen-bond donors (Lipinski definition) is 0. The molecule has 0 bridgehead atoms. The average molecular weight is 263 g/mol. The largest absolute Gasteiger partial charge is 0.493 e. The number of methoxy groups -OCH3 is 3. The van der Waals surface area contributed by atoms with Gasteiger partial charge in [-0.15, -0.1) is 0 Å². The lowest BCUT2D eigenvalue weighted by Crippen LogP contribution is -2.03. The molecule has 0 spiro atoms. The number of ether oxygens (including phenoxy) is 3. The van der Waals surface area contributed by atoms with Crippen LogP contribution in [-0.4, -0.2) is 32.3 Å². The van der Waals surface area contributed by atoms with Crippen molar-refractivity contribution in [3.63, 3.8) is 0 Å². The van der Waals surface area contributed by atoms with Crippen LogP contribution in [0.3, 0.4) is 0 Å². The topological polar surface area (TPSA) is 70.8 Å². The number of oxazole rings is 1.